The number of carbonyl (C=O) groups excluding carboxylic acids is 1. The molecule has 6 rings (SSSR count). The number of piperidine rings is 1. The van der Waals surface area contributed by atoms with E-state index in [1.54, 1.807) is 6.33 Å². The van der Waals surface area contributed by atoms with Crippen LogP contribution in [-0.2, 0) is 17.8 Å². The lowest BCUT2D eigenvalue weighted by molar-refractivity contribution is -0.125. The van der Waals surface area contributed by atoms with E-state index in [2.05, 4.69) is 72.7 Å². The second-order valence-electron chi connectivity index (χ2n) is 12.0. The first kappa shape index (κ1) is 27.0. The van der Waals surface area contributed by atoms with Crippen LogP contribution in [0.4, 0.5) is 11.5 Å². The minimum Gasteiger partial charge on any atom is -0.366 e. The molecule has 0 aliphatic carbocycles. The van der Waals surface area contributed by atoms with E-state index in [1.807, 2.05) is 0 Å². The molecular formula is C31H44N8O. The third-order valence-corrected chi connectivity index (χ3v) is 8.96. The summed E-state index contributed by atoms with van der Waals surface area (Å²) in [6.07, 6.45) is 9.16. The zero-order valence-corrected chi connectivity index (χ0v) is 24.2. The number of amides is 1. The average molecular weight is 545 g/mol. The largest absolute Gasteiger partial charge is 0.366 e. The monoisotopic (exact) mass is 544 g/mol. The van der Waals surface area contributed by atoms with Crippen molar-refractivity contribution in [1.29, 1.82) is 0 Å². The van der Waals surface area contributed by atoms with Crippen LogP contribution in [0.1, 0.15) is 56.8 Å². The molecule has 40 heavy (non-hydrogen) atoms. The van der Waals surface area contributed by atoms with E-state index in [4.69, 9.17) is 4.98 Å². The van der Waals surface area contributed by atoms with Gasteiger partial charge in [0.05, 0.1) is 5.92 Å². The van der Waals surface area contributed by atoms with E-state index in [0.717, 1.165) is 94.3 Å². The summed E-state index contributed by atoms with van der Waals surface area (Å²) in [5.74, 6) is 2.18. The van der Waals surface area contributed by atoms with Gasteiger partial charge < -0.3 is 19.7 Å². The van der Waals surface area contributed by atoms with Gasteiger partial charge >= 0.3 is 0 Å². The lowest BCUT2D eigenvalue weighted by Crippen LogP contribution is -2.52. The van der Waals surface area contributed by atoms with Gasteiger partial charge in [-0.15, -0.1) is 0 Å². The maximum absolute atomic E-state index is 13.2. The molecule has 214 valence electrons. The minimum absolute atomic E-state index is 0.0166. The molecule has 3 aliphatic heterocycles. The first-order valence-corrected chi connectivity index (χ1v) is 15.4. The Morgan fingerprint density at radius 3 is 2.85 bits per heavy atom. The number of imidazole rings is 1. The number of benzene rings is 1. The van der Waals surface area contributed by atoms with Gasteiger partial charge in [-0.25, -0.2) is 15.0 Å². The molecule has 9 heteroatoms. The third kappa shape index (κ3) is 5.80. The Morgan fingerprint density at radius 1 is 1.05 bits per heavy atom. The van der Waals surface area contributed by atoms with Crippen LogP contribution >= 0.6 is 0 Å². The smallest absolute Gasteiger partial charge is 0.224 e. The maximum Gasteiger partial charge on any atom is 0.224 e. The van der Waals surface area contributed by atoms with Crippen LogP contribution in [-0.4, -0.2) is 82.2 Å². The second-order valence-corrected chi connectivity index (χ2v) is 12.0. The van der Waals surface area contributed by atoms with Crippen molar-refractivity contribution in [3.05, 3.63) is 42.0 Å². The second kappa shape index (κ2) is 12.1. The molecule has 1 N–H and O–H groups in total. The Labute approximate surface area is 238 Å². The lowest BCUT2D eigenvalue weighted by Gasteiger charge is -2.41. The number of piperazine rings is 1. The zero-order chi connectivity index (χ0) is 27.5. The van der Waals surface area contributed by atoms with E-state index >= 15 is 0 Å². The molecule has 0 radical (unpaired) electrons. The van der Waals surface area contributed by atoms with E-state index in [0.29, 0.717) is 12.6 Å². The van der Waals surface area contributed by atoms with Crippen LogP contribution in [0.25, 0.3) is 11.2 Å². The highest BCUT2D eigenvalue weighted by molar-refractivity contribution is 5.85. The number of carbonyl (C=O) groups is 1. The summed E-state index contributed by atoms with van der Waals surface area (Å²) in [4.78, 5) is 34.7. The maximum atomic E-state index is 13.2. The quantitative estimate of drug-likeness (QED) is 0.453. The zero-order valence-electron chi connectivity index (χ0n) is 24.2. The summed E-state index contributed by atoms with van der Waals surface area (Å²) >= 11 is 0. The standard InChI is InChI=1S/C31H44N8O/c1-23-9-6-11-26(19-23)38-18-17-36(20-24(38)2)14-8-13-32-31(40)25-10-7-15-37(21-25)29-28-30(34-22-33-29)39-16-5-3-4-12-27(39)35-28/h6,9,11,19,22,24-25H,3-5,7-8,10,12-18,20-21H2,1-2H3,(H,32,40)/t24-,25-/m1/s1. The topological polar surface area (TPSA) is 82.4 Å². The fraction of sp³-hybridized carbons (Fsp3) is 0.613. The number of aryl methyl sites for hydroxylation is 3. The number of fused-ring (bicyclic) bond motifs is 3. The van der Waals surface area contributed by atoms with Crippen molar-refractivity contribution in [3.8, 4) is 0 Å². The lowest BCUT2D eigenvalue weighted by atomic mass is 9.97. The van der Waals surface area contributed by atoms with Crippen molar-refractivity contribution in [2.75, 3.05) is 55.6 Å². The molecule has 1 amide bonds. The molecular weight excluding hydrogens is 500 g/mol. The Morgan fingerprint density at radius 2 is 1.98 bits per heavy atom. The Bertz CT molecular complexity index is 1320. The van der Waals surface area contributed by atoms with Crippen molar-refractivity contribution in [3.63, 3.8) is 0 Å². The van der Waals surface area contributed by atoms with E-state index < -0.39 is 0 Å². The molecule has 2 saturated heterocycles. The average Bonchev–Trinajstić information content (AvgIpc) is 3.16. The molecule has 0 unspecified atom stereocenters. The number of anilines is 2. The first-order valence-electron chi connectivity index (χ1n) is 15.4. The van der Waals surface area contributed by atoms with Crippen molar-refractivity contribution >= 4 is 28.6 Å². The highest BCUT2D eigenvalue weighted by Crippen LogP contribution is 2.29. The van der Waals surface area contributed by atoms with Gasteiger partial charge in [-0.05, 0) is 70.2 Å². The van der Waals surface area contributed by atoms with Gasteiger partial charge in [0, 0.05) is 64.0 Å². The molecule has 3 aliphatic rings. The Kier molecular flexibility index (Phi) is 8.18. The van der Waals surface area contributed by atoms with E-state index in [9.17, 15) is 4.79 Å². The van der Waals surface area contributed by atoms with Crippen LogP contribution in [0.2, 0.25) is 0 Å². The van der Waals surface area contributed by atoms with Gasteiger partial charge in [0.2, 0.25) is 5.91 Å². The SMILES string of the molecule is Cc1cccc(N2CCN(CCCNC(=O)[C@@H]3CCCN(c4ncnc5c4nc4n5CCCCC4)C3)C[C@H]2C)c1. The number of aromatic nitrogens is 4. The fourth-order valence-electron chi connectivity index (χ4n) is 6.83. The van der Waals surface area contributed by atoms with E-state index in [-0.39, 0.29) is 11.8 Å². The van der Waals surface area contributed by atoms with Gasteiger partial charge in [-0.3, -0.25) is 9.69 Å². The van der Waals surface area contributed by atoms with Crippen LogP contribution in [0.15, 0.2) is 30.6 Å². The van der Waals surface area contributed by atoms with Crippen LogP contribution in [0, 0.1) is 12.8 Å². The number of rotatable bonds is 7. The van der Waals surface area contributed by atoms with Crippen LogP contribution in [0.3, 0.4) is 0 Å². The number of hydrogen-bond donors (Lipinski definition) is 1. The Balaban J connectivity index is 0.988. The van der Waals surface area contributed by atoms with Gasteiger partial charge in [0.1, 0.15) is 12.2 Å². The molecule has 3 aromatic rings. The summed E-state index contributed by atoms with van der Waals surface area (Å²) in [6, 6.07) is 9.29. The van der Waals surface area contributed by atoms with Crippen molar-refractivity contribution in [1.82, 2.24) is 29.7 Å². The number of nitrogens with one attached hydrogen (secondary N) is 1. The highest BCUT2D eigenvalue weighted by atomic mass is 16.1. The molecule has 1 aromatic carbocycles. The van der Waals surface area contributed by atoms with Crippen molar-refractivity contribution in [2.24, 2.45) is 5.92 Å². The van der Waals surface area contributed by atoms with Gasteiger partial charge in [0.15, 0.2) is 17.0 Å². The molecule has 2 atom stereocenters. The van der Waals surface area contributed by atoms with E-state index in [1.165, 1.54) is 30.5 Å². The van der Waals surface area contributed by atoms with Gasteiger partial charge in [-0.2, -0.15) is 0 Å². The molecule has 5 heterocycles. The molecule has 0 bridgehead atoms. The fourth-order valence-corrected chi connectivity index (χ4v) is 6.83. The number of nitrogens with zero attached hydrogens (tertiary/aromatic N) is 7. The van der Waals surface area contributed by atoms with Crippen molar-refractivity contribution in [2.45, 2.75) is 71.4 Å². The van der Waals surface area contributed by atoms with Gasteiger partial charge in [-0.1, -0.05) is 18.6 Å². The molecule has 9 nitrogen and oxygen atoms in total. The summed E-state index contributed by atoms with van der Waals surface area (Å²) in [6.45, 7) is 12.0. The molecule has 2 aromatic heterocycles. The normalized spacial score (nSPS) is 22.2. The molecule has 2 fully saturated rings. The highest BCUT2D eigenvalue weighted by Gasteiger charge is 2.29. The summed E-state index contributed by atoms with van der Waals surface area (Å²) in [5, 5.41) is 3.24. The predicted molar refractivity (Wildman–Crippen MR) is 160 cm³/mol. The van der Waals surface area contributed by atoms with Crippen molar-refractivity contribution < 1.29 is 4.79 Å². The van der Waals surface area contributed by atoms with Crippen LogP contribution in [0.5, 0.6) is 0 Å². The minimum atomic E-state index is -0.0166. The first-order chi connectivity index (χ1) is 19.6. The van der Waals surface area contributed by atoms with Gasteiger partial charge in [0.25, 0.3) is 0 Å². The predicted octanol–water partition coefficient (Wildman–Crippen LogP) is 3.79. The van der Waals surface area contributed by atoms with Crippen LogP contribution < -0.4 is 15.1 Å². The number of hydrogen-bond acceptors (Lipinski definition) is 7. The summed E-state index contributed by atoms with van der Waals surface area (Å²) in [7, 11) is 0. The third-order valence-electron chi connectivity index (χ3n) is 8.96. The summed E-state index contributed by atoms with van der Waals surface area (Å²) in [5.41, 5.74) is 4.48. The Hall–Kier alpha value is -3.20. The molecule has 0 saturated carbocycles. The summed E-state index contributed by atoms with van der Waals surface area (Å²) < 4.78 is 2.28. The molecule has 0 spiro atoms.